The molecule has 1 aliphatic rings. The molecule has 1 nitrogen and oxygen atoms in total. The van der Waals surface area contributed by atoms with Gasteiger partial charge in [0.25, 0.3) is 0 Å². The molecule has 43 heavy (non-hydrogen) atoms. The van der Waals surface area contributed by atoms with Crippen molar-refractivity contribution < 1.29 is 0 Å². The lowest BCUT2D eigenvalue weighted by Gasteiger charge is -2.48. The highest BCUT2D eigenvalue weighted by Crippen LogP contribution is 2.54. The Balaban J connectivity index is 1.35. The summed E-state index contributed by atoms with van der Waals surface area (Å²) in [7, 11) is 0. The largest absolute Gasteiger partial charge is 0.310 e. The van der Waals surface area contributed by atoms with Crippen LogP contribution in [-0.4, -0.2) is 0 Å². The maximum atomic E-state index is 2.43. The Hall–Kier alpha value is -4.88. The minimum absolute atomic E-state index is 0.0133. The lowest BCUT2D eigenvalue weighted by atomic mass is 9.55. The summed E-state index contributed by atoms with van der Waals surface area (Å²) in [5.41, 5.74) is 13.8. The summed E-state index contributed by atoms with van der Waals surface area (Å²) >= 11 is 0. The summed E-state index contributed by atoms with van der Waals surface area (Å²) < 4.78 is 0. The Bertz CT molecular complexity index is 1900. The zero-order valence-corrected chi connectivity index (χ0v) is 25.4. The Morgan fingerprint density at radius 2 is 0.791 bits per heavy atom. The van der Waals surface area contributed by atoms with Gasteiger partial charge in [0.15, 0.2) is 0 Å². The first-order chi connectivity index (χ1) is 20.9. The summed E-state index contributed by atoms with van der Waals surface area (Å²) in [5.74, 6) is 0. The van der Waals surface area contributed by atoms with Crippen LogP contribution in [0.2, 0.25) is 0 Å². The van der Waals surface area contributed by atoms with Gasteiger partial charge in [-0.25, -0.2) is 0 Å². The quantitative estimate of drug-likeness (QED) is 0.204. The van der Waals surface area contributed by atoms with Crippen LogP contribution in [0.5, 0.6) is 0 Å². The van der Waals surface area contributed by atoms with E-state index in [9.17, 15) is 0 Å². The first-order valence-electron chi connectivity index (χ1n) is 15.2. The third-order valence-electron chi connectivity index (χ3n) is 9.85. The van der Waals surface area contributed by atoms with Crippen LogP contribution in [0.3, 0.4) is 0 Å². The maximum absolute atomic E-state index is 2.43. The van der Waals surface area contributed by atoms with Gasteiger partial charge in [-0.1, -0.05) is 143 Å². The number of rotatable bonds is 5. The van der Waals surface area contributed by atoms with E-state index in [2.05, 4.69) is 184 Å². The third-order valence-corrected chi connectivity index (χ3v) is 9.85. The van der Waals surface area contributed by atoms with Crippen molar-refractivity contribution >= 4 is 17.1 Å². The number of fused-ring (bicyclic) bond motifs is 3. The van der Waals surface area contributed by atoms with Crippen molar-refractivity contribution in [2.45, 2.75) is 38.5 Å². The zero-order chi connectivity index (χ0) is 29.6. The Morgan fingerprint density at radius 3 is 1.44 bits per heavy atom. The van der Waals surface area contributed by atoms with Crippen LogP contribution in [0.15, 0.2) is 152 Å². The van der Waals surface area contributed by atoms with Gasteiger partial charge in [0, 0.05) is 17.1 Å². The van der Waals surface area contributed by atoms with E-state index in [4.69, 9.17) is 0 Å². The molecule has 0 saturated heterocycles. The van der Waals surface area contributed by atoms with Crippen LogP contribution in [0.4, 0.5) is 17.1 Å². The van der Waals surface area contributed by atoms with Crippen LogP contribution in [0.25, 0.3) is 33.4 Å². The van der Waals surface area contributed by atoms with Gasteiger partial charge >= 0.3 is 0 Å². The first-order valence-corrected chi connectivity index (χ1v) is 15.2. The minimum atomic E-state index is -0.0555. The molecule has 0 radical (unpaired) electrons. The van der Waals surface area contributed by atoms with Crippen LogP contribution >= 0.6 is 0 Å². The van der Waals surface area contributed by atoms with E-state index < -0.39 is 0 Å². The van der Waals surface area contributed by atoms with Crippen molar-refractivity contribution in [2.75, 3.05) is 4.90 Å². The highest BCUT2D eigenvalue weighted by molar-refractivity contribution is 5.86. The molecule has 0 atom stereocenters. The monoisotopic (exact) mass is 555 g/mol. The number of hydrogen-bond acceptors (Lipinski definition) is 1. The molecule has 0 unspecified atom stereocenters. The molecular weight excluding hydrogens is 518 g/mol. The predicted octanol–water partition coefficient (Wildman–Crippen LogP) is 11.7. The fourth-order valence-electron chi connectivity index (χ4n) is 6.78. The summed E-state index contributed by atoms with van der Waals surface area (Å²) in [6.07, 6.45) is 0. The van der Waals surface area contributed by atoms with Crippen LogP contribution in [-0.2, 0) is 10.8 Å². The number of para-hydroxylation sites is 1. The highest BCUT2D eigenvalue weighted by Gasteiger charge is 2.45. The molecule has 7 rings (SSSR count). The lowest BCUT2D eigenvalue weighted by molar-refractivity contribution is 0.299. The van der Waals surface area contributed by atoms with Gasteiger partial charge in [-0.05, 0) is 91.7 Å². The molecule has 0 spiro atoms. The van der Waals surface area contributed by atoms with Crippen molar-refractivity contribution in [3.05, 3.63) is 163 Å². The van der Waals surface area contributed by atoms with Crippen LogP contribution in [0, 0.1) is 0 Å². The molecule has 0 bridgehead atoms. The number of benzene rings is 6. The van der Waals surface area contributed by atoms with E-state index in [0.29, 0.717) is 0 Å². The molecule has 0 N–H and O–H groups in total. The maximum Gasteiger partial charge on any atom is 0.0464 e. The summed E-state index contributed by atoms with van der Waals surface area (Å²) in [6.45, 7) is 9.58. The summed E-state index contributed by atoms with van der Waals surface area (Å²) in [4.78, 5) is 2.39. The van der Waals surface area contributed by atoms with Gasteiger partial charge in [0.1, 0.15) is 0 Å². The summed E-state index contributed by atoms with van der Waals surface area (Å²) in [6, 6.07) is 55.1. The van der Waals surface area contributed by atoms with Gasteiger partial charge in [-0.2, -0.15) is 0 Å². The van der Waals surface area contributed by atoms with Gasteiger partial charge in [0.05, 0.1) is 0 Å². The molecule has 0 heterocycles. The Labute approximate surface area is 256 Å². The second-order valence-corrected chi connectivity index (χ2v) is 12.7. The number of anilines is 3. The van der Waals surface area contributed by atoms with Gasteiger partial charge in [-0.15, -0.1) is 0 Å². The molecule has 0 fully saturated rings. The highest BCUT2D eigenvalue weighted by atomic mass is 15.1. The lowest BCUT2D eigenvalue weighted by Crippen LogP contribution is -2.43. The van der Waals surface area contributed by atoms with Crippen molar-refractivity contribution in [3.8, 4) is 33.4 Å². The topological polar surface area (TPSA) is 3.24 Å². The molecule has 0 aromatic heterocycles. The van der Waals surface area contributed by atoms with E-state index in [-0.39, 0.29) is 10.8 Å². The zero-order valence-electron chi connectivity index (χ0n) is 25.4. The van der Waals surface area contributed by atoms with E-state index in [1.807, 2.05) is 0 Å². The molecule has 6 aromatic carbocycles. The van der Waals surface area contributed by atoms with Crippen LogP contribution in [0.1, 0.15) is 38.8 Å². The molecule has 6 aromatic rings. The predicted molar refractivity (Wildman–Crippen MR) is 183 cm³/mol. The van der Waals surface area contributed by atoms with Gasteiger partial charge in [-0.3, -0.25) is 0 Å². The van der Waals surface area contributed by atoms with E-state index in [1.165, 1.54) is 50.2 Å². The van der Waals surface area contributed by atoms with E-state index in [0.717, 1.165) is 11.4 Å². The first kappa shape index (κ1) is 27.0. The third kappa shape index (κ3) is 4.48. The molecular formula is C42H37N. The van der Waals surface area contributed by atoms with E-state index in [1.54, 1.807) is 0 Å². The average Bonchev–Trinajstić information content (AvgIpc) is 3.05. The molecule has 210 valence electrons. The summed E-state index contributed by atoms with van der Waals surface area (Å²) in [5, 5.41) is 0. The fourth-order valence-corrected chi connectivity index (χ4v) is 6.78. The van der Waals surface area contributed by atoms with Gasteiger partial charge < -0.3 is 4.90 Å². The average molecular weight is 556 g/mol. The second-order valence-electron chi connectivity index (χ2n) is 12.7. The number of nitrogens with zero attached hydrogens (tertiary/aromatic N) is 1. The van der Waals surface area contributed by atoms with Crippen molar-refractivity contribution in [1.29, 1.82) is 0 Å². The SMILES string of the molecule is CC1(C)c2ccccc2-c2ccc(N(c3ccccc3)c3ccc(-c4ccccc4-c4ccccc4)cc3)cc2C1(C)C. The minimum Gasteiger partial charge on any atom is -0.310 e. The number of hydrogen-bond donors (Lipinski definition) is 0. The normalized spacial score (nSPS) is 14.4. The smallest absolute Gasteiger partial charge is 0.0464 e. The second kappa shape index (κ2) is 10.4. The molecule has 1 aliphatic carbocycles. The Kier molecular flexibility index (Phi) is 6.55. The standard InChI is InChI=1S/C42H37N/c1-41(2)39-22-14-13-21-37(39)38-28-27-34(29-40(38)42(41,3)4)43(32-17-9-6-10-18-32)33-25-23-31(24-26-33)36-20-12-11-19-35(36)30-15-7-5-8-16-30/h5-29H,1-4H3. The van der Waals surface area contributed by atoms with Gasteiger partial charge in [0.2, 0.25) is 0 Å². The van der Waals surface area contributed by atoms with Crippen molar-refractivity contribution in [3.63, 3.8) is 0 Å². The fraction of sp³-hybridized carbons (Fsp3) is 0.143. The van der Waals surface area contributed by atoms with Crippen LogP contribution < -0.4 is 4.90 Å². The molecule has 0 aliphatic heterocycles. The van der Waals surface area contributed by atoms with Crippen molar-refractivity contribution in [2.24, 2.45) is 0 Å². The molecule has 0 amide bonds. The van der Waals surface area contributed by atoms with E-state index >= 15 is 0 Å². The van der Waals surface area contributed by atoms with Crippen molar-refractivity contribution in [1.82, 2.24) is 0 Å². The molecule has 1 heteroatoms. The Morgan fingerprint density at radius 1 is 0.349 bits per heavy atom. The molecule has 0 saturated carbocycles.